The van der Waals surface area contributed by atoms with Crippen molar-refractivity contribution in [3.8, 4) is 0 Å². The summed E-state index contributed by atoms with van der Waals surface area (Å²) in [5.74, 6) is 0.210. The van der Waals surface area contributed by atoms with Crippen molar-refractivity contribution >= 4 is 29.5 Å². The first kappa shape index (κ1) is 17.4. The van der Waals surface area contributed by atoms with E-state index < -0.39 is 12.0 Å². The Balaban J connectivity index is 1.65. The molecule has 0 aliphatic carbocycles. The number of hydrogen-bond acceptors (Lipinski definition) is 4. The number of hydrogen-bond donors (Lipinski definition) is 2. The standard InChI is InChI=1S/C19H21NO2S2/c21-18(22)17-11-16(12-20-17)24-19(15-9-5-2-6-10-15)23-13-14-7-3-1-4-8-14/h1-10,16-17,19-20H,11-13H2,(H,21,22)/t16-,17-,19?/m0/s1. The summed E-state index contributed by atoms with van der Waals surface area (Å²) >= 11 is 3.79. The zero-order valence-corrected chi connectivity index (χ0v) is 14.9. The summed E-state index contributed by atoms with van der Waals surface area (Å²) in [6, 6.07) is 20.6. The minimum absolute atomic E-state index is 0.311. The molecule has 24 heavy (non-hydrogen) atoms. The van der Waals surface area contributed by atoms with Crippen LogP contribution in [0.2, 0.25) is 0 Å². The molecule has 3 rings (SSSR count). The average Bonchev–Trinajstić information content (AvgIpc) is 3.09. The van der Waals surface area contributed by atoms with Gasteiger partial charge in [-0.3, -0.25) is 4.79 Å². The second-order valence-corrected chi connectivity index (χ2v) is 8.63. The lowest BCUT2D eigenvalue weighted by molar-refractivity contribution is -0.139. The molecule has 1 aliphatic rings. The van der Waals surface area contributed by atoms with E-state index >= 15 is 0 Å². The van der Waals surface area contributed by atoms with Gasteiger partial charge in [0, 0.05) is 17.5 Å². The Hall–Kier alpha value is -1.43. The maximum Gasteiger partial charge on any atom is 0.320 e. The van der Waals surface area contributed by atoms with Crippen molar-refractivity contribution in [2.24, 2.45) is 0 Å². The Morgan fingerprint density at radius 1 is 1.12 bits per heavy atom. The van der Waals surface area contributed by atoms with Crippen molar-refractivity contribution in [3.05, 3.63) is 71.8 Å². The Labute approximate surface area is 151 Å². The Bertz CT molecular complexity index is 651. The van der Waals surface area contributed by atoms with E-state index in [1.165, 1.54) is 11.1 Å². The number of carbonyl (C=O) groups is 1. The van der Waals surface area contributed by atoms with E-state index in [9.17, 15) is 4.79 Å². The predicted molar refractivity (Wildman–Crippen MR) is 102 cm³/mol. The summed E-state index contributed by atoms with van der Waals surface area (Å²) in [6.07, 6.45) is 0.690. The van der Waals surface area contributed by atoms with Gasteiger partial charge in [0.05, 0.1) is 4.58 Å². The van der Waals surface area contributed by atoms with E-state index in [4.69, 9.17) is 5.11 Å². The van der Waals surface area contributed by atoms with Crippen LogP contribution >= 0.6 is 23.5 Å². The van der Waals surface area contributed by atoms with Crippen LogP contribution in [0.3, 0.4) is 0 Å². The van der Waals surface area contributed by atoms with E-state index in [2.05, 4.69) is 53.8 Å². The summed E-state index contributed by atoms with van der Waals surface area (Å²) < 4.78 is 0.311. The molecule has 126 valence electrons. The maximum atomic E-state index is 11.1. The van der Waals surface area contributed by atoms with Gasteiger partial charge < -0.3 is 10.4 Å². The van der Waals surface area contributed by atoms with Gasteiger partial charge in [-0.15, -0.1) is 23.5 Å². The molecular formula is C19H21NO2S2. The molecule has 0 saturated carbocycles. The second-order valence-electron chi connectivity index (χ2n) is 5.83. The fraction of sp³-hybridized carbons (Fsp3) is 0.316. The number of rotatable bonds is 7. The lowest BCUT2D eigenvalue weighted by Gasteiger charge is -2.20. The molecule has 3 atom stereocenters. The van der Waals surface area contributed by atoms with Crippen molar-refractivity contribution in [1.29, 1.82) is 0 Å². The number of aliphatic carboxylic acids is 1. The molecule has 1 heterocycles. The Kier molecular flexibility index (Phi) is 6.24. The molecule has 0 amide bonds. The molecule has 2 aromatic carbocycles. The molecule has 5 heteroatoms. The third-order valence-electron chi connectivity index (χ3n) is 4.02. The van der Waals surface area contributed by atoms with Gasteiger partial charge in [0.2, 0.25) is 0 Å². The highest BCUT2D eigenvalue weighted by Crippen LogP contribution is 2.44. The highest BCUT2D eigenvalue weighted by Gasteiger charge is 2.31. The van der Waals surface area contributed by atoms with Crippen molar-refractivity contribution < 1.29 is 9.90 Å². The van der Waals surface area contributed by atoms with E-state index in [-0.39, 0.29) is 0 Å². The second kappa shape index (κ2) is 8.60. The normalized spacial score (nSPS) is 21.5. The number of carboxylic acids is 1. The van der Waals surface area contributed by atoms with Crippen molar-refractivity contribution in [2.45, 2.75) is 28.0 Å². The number of benzene rings is 2. The molecule has 1 saturated heterocycles. The first-order chi connectivity index (χ1) is 11.7. The largest absolute Gasteiger partial charge is 0.480 e. The predicted octanol–water partition coefficient (Wildman–Crippen LogP) is 4.17. The first-order valence-electron chi connectivity index (χ1n) is 8.04. The summed E-state index contributed by atoms with van der Waals surface area (Å²) in [5.41, 5.74) is 2.61. The zero-order chi connectivity index (χ0) is 16.8. The molecular weight excluding hydrogens is 338 g/mol. The Morgan fingerprint density at radius 2 is 1.79 bits per heavy atom. The minimum atomic E-state index is -0.744. The monoisotopic (exact) mass is 359 g/mol. The lowest BCUT2D eigenvalue weighted by atomic mass is 10.2. The molecule has 0 bridgehead atoms. The van der Waals surface area contributed by atoms with E-state index in [1.807, 2.05) is 35.7 Å². The maximum absolute atomic E-state index is 11.1. The van der Waals surface area contributed by atoms with Gasteiger partial charge in [0.15, 0.2) is 0 Å². The van der Waals surface area contributed by atoms with Crippen LogP contribution in [0.5, 0.6) is 0 Å². The van der Waals surface area contributed by atoms with Gasteiger partial charge in [-0.1, -0.05) is 60.7 Å². The van der Waals surface area contributed by atoms with Crippen molar-refractivity contribution in [3.63, 3.8) is 0 Å². The van der Waals surface area contributed by atoms with Gasteiger partial charge in [0.1, 0.15) is 6.04 Å². The van der Waals surface area contributed by atoms with Gasteiger partial charge in [0.25, 0.3) is 0 Å². The molecule has 0 radical (unpaired) electrons. The lowest BCUT2D eigenvalue weighted by Crippen LogP contribution is -2.29. The average molecular weight is 360 g/mol. The van der Waals surface area contributed by atoms with Crippen LogP contribution in [-0.2, 0) is 10.5 Å². The van der Waals surface area contributed by atoms with Gasteiger partial charge >= 0.3 is 5.97 Å². The first-order valence-corrected chi connectivity index (χ1v) is 10.0. The van der Waals surface area contributed by atoms with Crippen LogP contribution in [0.4, 0.5) is 0 Å². The van der Waals surface area contributed by atoms with E-state index in [0.717, 1.165) is 12.3 Å². The van der Waals surface area contributed by atoms with E-state index in [0.29, 0.717) is 16.3 Å². The molecule has 2 aromatic rings. The SMILES string of the molecule is O=C(O)[C@@H]1C[C@H](SC(SCc2ccccc2)c2ccccc2)CN1. The molecule has 1 aliphatic heterocycles. The number of carboxylic acid groups (broad SMARTS) is 1. The highest BCUT2D eigenvalue weighted by molar-refractivity contribution is 8.16. The molecule has 1 fully saturated rings. The fourth-order valence-corrected chi connectivity index (χ4v) is 5.78. The minimum Gasteiger partial charge on any atom is -0.480 e. The van der Waals surface area contributed by atoms with Gasteiger partial charge in [-0.2, -0.15) is 0 Å². The summed E-state index contributed by atoms with van der Waals surface area (Å²) in [5, 5.41) is 12.6. The van der Waals surface area contributed by atoms with Crippen molar-refractivity contribution in [2.75, 3.05) is 6.54 Å². The highest BCUT2D eigenvalue weighted by atomic mass is 32.2. The van der Waals surface area contributed by atoms with Crippen LogP contribution in [0, 0.1) is 0 Å². The van der Waals surface area contributed by atoms with Crippen molar-refractivity contribution in [1.82, 2.24) is 5.32 Å². The van der Waals surface area contributed by atoms with Crippen LogP contribution in [0.1, 0.15) is 22.1 Å². The summed E-state index contributed by atoms with van der Waals surface area (Å²) in [6.45, 7) is 0.761. The molecule has 0 spiro atoms. The molecule has 0 aromatic heterocycles. The van der Waals surface area contributed by atoms with Crippen LogP contribution in [0.15, 0.2) is 60.7 Å². The van der Waals surface area contributed by atoms with Crippen LogP contribution in [-0.4, -0.2) is 28.9 Å². The zero-order valence-electron chi connectivity index (χ0n) is 13.3. The number of nitrogens with one attached hydrogen (secondary N) is 1. The third kappa shape index (κ3) is 4.79. The third-order valence-corrected chi connectivity index (χ3v) is 7.10. The van der Waals surface area contributed by atoms with Gasteiger partial charge in [-0.25, -0.2) is 0 Å². The summed E-state index contributed by atoms with van der Waals surface area (Å²) in [7, 11) is 0. The van der Waals surface area contributed by atoms with Gasteiger partial charge in [-0.05, 0) is 17.5 Å². The quantitative estimate of drug-likeness (QED) is 0.727. The molecule has 1 unspecified atom stereocenters. The fourth-order valence-electron chi connectivity index (χ4n) is 2.74. The van der Waals surface area contributed by atoms with Crippen LogP contribution in [0.25, 0.3) is 0 Å². The molecule has 2 N–H and O–H groups in total. The van der Waals surface area contributed by atoms with Crippen LogP contribution < -0.4 is 5.32 Å². The number of thioether (sulfide) groups is 2. The smallest absolute Gasteiger partial charge is 0.320 e. The summed E-state index contributed by atoms with van der Waals surface area (Å²) in [4.78, 5) is 11.1. The topological polar surface area (TPSA) is 49.3 Å². The molecule has 3 nitrogen and oxygen atoms in total. The van der Waals surface area contributed by atoms with E-state index in [1.54, 1.807) is 0 Å². The Morgan fingerprint density at radius 3 is 2.42 bits per heavy atom.